The van der Waals surface area contributed by atoms with Crippen molar-refractivity contribution >= 4 is 26.0 Å². The van der Waals surface area contributed by atoms with Gasteiger partial charge in [-0.1, -0.05) is 22.0 Å². The zero-order valence-electron chi connectivity index (χ0n) is 11.5. The molecule has 0 aliphatic rings. The highest BCUT2D eigenvalue weighted by Crippen LogP contribution is 2.24. The van der Waals surface area contributed by atoms with Crippen LogP contribution in [0, 0.1) is 20.8 Å². The van der Waals surface area contributed by atoms with E-state index < -0.39 is 10.1 Å². The Morgan fingerprint density at radius 1 is 0.950 bits per heavy atom. The van der Waals surface area contributed by atoms with Crippen molar-refractivity contribution in [2.45, 2.75) is 25.7 Å². The number of halogens is 1. The predicted molar refractivity (Wildman–Crippen MR) is 82.6 cm³/mol. The standard InChI is InChI=1S/C15H15BrO3S/c1-10-6-11(2)8-13(7-10)19-20(17,18)14-4-5-15(16)12(3)9-14/h4-9H,1-3H3. The van der Waals surface area contributed by atoms with Crippen LogP contribution in [0.2, 0.25) is 0 Å². The molecule has 0 atom stereocenters. The number of benzene rings is 2. The molecule has 2 aromatic rings. The van der Waals surface area contributed by atoms with E-state index in [0.717, 1.165) is 21.2 Å². The summed E-state index contributed by atoms with van der Waals surface area (Å²) in [6.45, 7) is 5.63. The Labute approximate surface area is 127 Å². The SMILES string of the molecule is Cc1cc(C)cc(OS(=O)(=O)c2ccc(Br)c(C)c2)c1. The summed E-state index contributed by atoms with van der Waals surface area (Å²) in [4.78, 5) is 0.150. The molecule has 0 saturated heterocycles. The fourth-order valence-corrected chi connectivity index (χ4v) is 3.18. The van der Waals surface area contributed by atoms with Gasteiger partial charge in [0.25, 0.3) is 0 Å². The van der Waals surface area contributed by atoms with Gasteiger partial charge in [0.15, 0.2) is 0 Å². The largest absolute Gasteiger partial charge is 0.379 e. The normalized spacial score (nSPS) is 11.4. The maximum absolute atomic E-state index is 12.3. The fourth-order valence-electron chi connectivity index (χ4n) is 1.93. The molecular weight excluding hydrogens is 340 g/mol. The highest BCUT2D eigenvalue weighted by Gasteiger charge is 2.17. The minimum atomic E-state index is -3.81. The van der Waals surface area contributed by atoms with Crippen LogP contribution < -0.4 is 4.18 Å². The molecule has 2 aromatic carbocycles. The predicted octanol–water partition coefficient (Wildman–Crippen LogP) is 4.14. The maximum atomic E-state index is 12.3. The molecule has 0 aromatic heterocycles. The van der Waals surface area contributed by atoms with Crippen LogP contribution in [0.5, 0.6) is 5.75 Å². The second kappa shape index (κ2) is 5.58. The molecule has 3 nitrogen and oxygen atoms in total. The van der Waals surface area contributed by atoms with Crippen molar-refractivity contribution in [2.75, 3.05) is 0 Å². The van der Waals surface area contributed by atoms with E-state index >= 15 is 0 Å². The molecule has 0 fully saturated rings. The third kappa shape index (κ3) is 3.41. The molecule has 106 valence electrons. The summed E-state index contributed by atoms with van der Waals surface area (Å²) >= 11 is 3.35. The molecule has 0 spiro atoms. The van der Waals surface area contributed by atoms with E-state index in [4.69, 9.17) is 4.18 Å². The summed E-state index contributed by atoms with van der Waals surface area (Å²) in [7, 11) is -3.81. The first-order valence-electron chi connectivity index (χ1n) is 6.07. The van der Waals surface area contributed by atoms with Crippen LogP contribution in [0.3, 0.4) is 0 Å². The van der Waals surface area contributed by atoms with E-state index in [1.165, 1.54) is 6.07 Å². The lowest BCUT2D eigenvalue weighted by Gasteiger charge is -2.09. The van der Waals surface area contributed by atoms with Gasteiger partial charge in [0.2, 0.25) is 0 Å². The molecule has 0 amide bonds. The second-order valence-electron chi connectivity index (χ2n) is 4.77. The molecule has 0 unspecified atom stereocenters. The Hall–Kier alpha value is -1.33. The van der Waals surface area contributed by atoms with Gasteiger partial charge in [0, 0.05) is 4.47 Å². The van der Waals surface area contributed by atoms with Crippen LogP contribution in [0.4, 0.5) is 0 Å². The number of rotatable bonds is 3. The van der Waals surface area contributed by atoms with E-state index in [1.54, 1.807) is 24.3 Å². The van der Waals surface area contributed by atoms with Crippen molar-refractivity contribution in [3.8, 4) is 5.75 Å². The molecular formula is C15H15BrO3S. The highest BCUT2D eigenvalue weighted by atomic mass is 79.9. The van der Waals surface area contributed by atoms with E-state index in [0.29, 0.717) is 5.75 Å². The fraction of sp³-hybridized carbons (Fsp3) is 0.200. The summed E-state index contributed by atoms with van der Waals surface area (Å²) < 4.78 is 30.6. The van der Waals surface area contributed by atoms with E-state index in [9.17, 15) is 8.42 Å². The van der Waals surface area contributed by atoms with Gasteiger partial charge < -0.3 is 4.18 Å². The second-order valence-corrected chi connectivity index (χ2v) is 7.17. The highest BCUT2D eigenvalue weighted by molar-refractivity contribution is 9.10. The van der Waals surface area contributed by atoms with Gasteiger partial charge in [0.05, 0.1) is 0 Å². The van der Waals surface area contributed by atoms with Crippen molar-refractivity contribution in [2.24, 2.45) is 0 Å². The minimum absolute atomic E-state index is 0.150. The van der Waals surface area contributed by atoms with E-state index in [2.05, 4.69) is 15.9 Å². The Morgan fingerprint density at radius 2 is 1.55 bits per heavy atom. The lowest BCUT2D eigenvalue weighted by Crippen LogP contribution is -2.10. The molecule has 0 saturated carbocycles. The molecule has 0 N–H and O–H groups in total. The minimum Gasteiger partial charge on any atom is -0.379 e. The Bertz CT molecular complexity index is 731. The van der Waals surface area contributed by atoms with Crippen molar-refractivity contribution in [1.29, 1.82) is 0 Å². The van der Waals surface area contributed by atoms with Gasteiger partial charge in [-0.3, -0.25) is 0 Å². The summed E-state index contributed by atoms with van der Waals surface area (Å²) in [5, 5.41) is 0. The van der Waals surface area contributed by atoms with Gasteiger partial charge in [0.1, 0.15) is 10.6 Å². The van der Waals surface area contributed by atoms with Crippen molar-refractivity contribution < 1.29 is 12.6 Å². The maximum Gasteiger partial charge on any atom is 0.339 e. The number of hydrogen-bond acceptors (Lipinski definition) is 3. The van der Waals surface area contributed by atoms with Gasteiger partial charge in [-0.15, -0.1) is 0 Å². The molecule has 2 rings (SSSR count). The first-order chi connectivity index (χ1) is 9.28. The van der Waals surface area contributed by atoms with Crippen LogP contribution in [0.1, 0.15) is 16.7 Å². The topological polar surface area (TPSA) is 43.4 Å². The lowest BCUT2D eigenvalue weighted by atomic mass is 10.1. The zero-order valence-corrected chi connectivity index (χ0v) is 13.9. The summed E-state index contributed by atoms with van der Waals surface area (Å²) in [6, 6.07) is 10.2. The van der Waals surface area contributed by atoms with Gasteiger partial charge in [-0.2, -0.15) is 8.42 Å². The van der Waals surface area contributed by atoms with Crippen molar-refractivity contribution in [1.82, 2.24) is 0 Å². The first kappa shape index (κ1) is 15.1. The van der Waals surface area contributed by atoms with Gasteiger partial charge in [-0.05, 0) is 67.8 Å². The van der Waals surface area contributed by atoms with Crippen LogP contribution >= 0.6 is 15.9 Å². The first-order valence-corrected chi connectivity index (χ1v) is 8.27. The van der Waals surface area contributed by atoms with Crippen LogP contribution in [0.25, 0.3) is 0 Å². The molecule has 0 aliphatic heterocycles. The molecule has 0 bridgehead atoms. The van der Waals surface area contributed by atoms with Gasteiger partial charge >= 0.3 is 10.1 Å². The van der Waals surface area contributed by atoms with E-state index in [1.807, 2.05) is 26.8 Å². The average Bonchev–Trinajstić information content (AvgIpc) is 2.30. The quantitative estimate of drug-likeness (QED) is 0.777. The van der Waals surface area contributed by atoms with Crippen molar-refractivity contribution in [3.63, 3.8) is 0 Å². The molecule has 0 radical (unpaired) electrons. The van der Waals surface area contributed by atoms with Crippen LogP contribution in [-0.4, -0.2) is 8.42 Å². The van der Waals surface area contributed by atoms with Gasteiger partial charge in [-0.25, -0.2) is 0 Å². The lowest BCUT2D eigenvalue weighted by molar-refractivity contribution is 0.485. The zero-order chi connectivity index (χ0) is 14.9. The molecule has 20 heavy (non-hydrogen) atoms. The number of aryl methyl sites for hydroxylation is 3. The summed E-state index contributed by atoms with van der Waals surface area (Å²) in [5.74, 6) is 0.336. The monoisotopic (exact) mass is 354 g/mol. The smallest absolute Gasteiger partial charge is 0.339 e. The summed E-state index contributed by atoms with van der Waals surface area (Å²) in [5.41, 5.74) is 2.76. The van der Waals surface area contributed by atoms with Crippen LogP contribution in [-0.2, 0) is 10.1 Å². The molecule has 0 heterocycles. The van der Waals surface area contributed by atoms with E-state index in [-0.39, 0.29) is 4.90 Å². The Morgan fingerprint density at radius 3 is 2.10 bits per heavy atom. The van der Waals surface area contributed by atoms with Crippen molar-refractivity contribution in [3.05, 3.63) is 57.6 Å². The third-order valence-electron chi connectivity index (χ3n) is 2.82. The molecule has 0 aliphatic carbocycles. The van der Waals surface area contributed by atoms with Crippen LogP contribution in [0.15, 0.2) is 45.8 Å². The Balaban J connectivity index is 2.37. The number of hydrogen-bond donors (Lipinski definition) is 0. The third-order valence-corrected chi connectivity index (χ3v) is 4.95. The average molecular weight is 355 g/mol. The molecule has 5 heteroatoms. The Kier molecular flexibility index (Phi) is 4.20. The summed E-state index contributed by atoms with van der Waals surface area (Å²) in [6.07, 6.45) is 0.